The Kier molecular flexibility index (Phi) is 5.76. The molecule has 0 aliphatic carbocycles. The number of ether oxygens (including phenoxy) is 1. The molecule has 0 aromatic rings. The van der Waals surface area contributed by atoms with Gasteiger partial charge in [0.2, 0.25) is 0 Å². The predicted molar refractivity (Wildman–Crippen MR) is 49.1 cm³/mol. The maximum absolute atomic E-state index is 11.0. The van der Waals surface area contributed by atoms with Crippen molar-refractivity contribution in [2.45, 2.75) is 6.92 Å². The molecule has 0 spiro atoms. The number of carbonyl (C=O) groups is 1. The number of carbonyl (C=O) groups excluding carboxylic acids is 1. The fraction of sp³-hybridized carbons (Fsp3) is 0.625. The average molecular weight is 192 g/mol. The Morgan fingerprint density at radius 2 is 2.17 bits per heavy atom. The van der Waals surface area contributed by atoms with Crippen LogP contribution in [0.5, 0.6) is 0 Å². The van der Waals surface area contributed by atoms with Gasteiger partial charge >= 0.3 is 5.97 Å². The second kappa shape index (κ2) is 6.03. The van der Waals surface area contributed by atoms with Crippen molar-refractivity contribution in [3.63, 3.8) is 0 Å². The summed E-state index contributed by atoms with van der Waals surface area (Å²) in [5.74, 6) is -0.355. The number of halogens is 1. The fourth-order valence-corrected chi connectivity index (χ4v) is 0.665. The highest BCUT2D eigenvalue weighted by molar-refractivity contribution is 6.17. The van der Waals surface area contributed by atoms with Gasteiger partial charge in [0.25, 0.3) is 0 Å². The van der Waals surface area contributed by atoms with Gasteiger partial charge in [-0.3, -0.25) is 0 Å². The van der Waals surface area contributed by atoms with Gasteiger partial charge in [-0.2, -0.15) is 0 Å². The molecule has 0 fully saturated rings. The number of alkyl halides is 1. The molecule has 0 rings (SSSR count). The second-order valence-electron chi connectivity index (χ2n) is 2.69. The molecule has 0 aromatic carbocycles. The minimum atomic E-state index is -0.355. The first kappa shape index (κ1) is 11.5. The molecule has 0 unspecified atom stereocenters. The predicted octanol–water partition coefficient (Wildman–Crippen LogP) is 1.23. The molecule has 0 radical (unpaired) electrons. The van der Waals surface area contributed by atoms with Gasteiger partial charge in [0.1, 0.15) is 0 Å². The quantitative estimate of drug-likeness (QED) is 0.380. The Morgan fingerprint density at radius 3 is 2.58 bits per heavy atom. The average Bonchev–Trinajstić information content (AvgIpc) is 2.00. The Hall–Kier alpha value is -0.540. The van der Waals surface area contributed by atoms with Crippen molar-refractivity contribution >= 4 is 17.6 Å². The van der Waals surface area contributed by atoms with Crippen LogP contribution in [0.25, 0.3) is 0 Å². The zero-order valence-corrected chi connectivity index (χ0v) is 8.39. The molecule has 0 saturated carbocycles. The van der Waals surface area contributed by atoms with E-state index >= 15 is 0 Å². The van der Waals surface area contributed by atoms with Crippen LogP contribution in [0.15, 0.2) is 11.6 Å². The highest BCUT2D eigenvalue weighted by Crippen LogP contribution is 1.97. The van der Waals surface area contributed by atoms with Crippen molar-refractivity contribution in [2.24, 2.45) is 0 Å². The van der Waals surface area contributed by atoms with E-state index in [2.05, 4.69) is 4.74 Å². The third kappa shape index (κ3) is 5.16. The van der Waals surface area contributed by atoms with Crippen molar-refractivity contribution in [1.82, 2.24) is 4.90 Å². The molecule has 0 N–H and O–H groups in total. The highest BCUT2D eigenvalue weighted by atomic mass is 35.5. The lowest BCUT2D eigenvalue weighted by Gasteiger charge is -2.05. The van der Waals surface area contributed by atoms with E-state index in [0.29, 0.717) is 5.57 Å². The molecular formula is C8H14ClNO2. The number of rotatable bonds is 4. The van der Waals surface area contributed by atoms with E-state index in [0.717, 1.165) is 6.54 Å². The third-order valence-electron chi connectivity index (χ3n) is 1.27. The molecular weight excluding hydrogens is 178 g/mol. The zero-order valence-electron chi connectivity index (χ0n) is 7.63. The van der Waals surface area contributed by atoms with Crippen LogP contribution >= 0.6 is 11.6 Å². The first-order valence-corrected chi connectivity index (χ1v) is 4.16. The van der Waals surface area contributed by atoms with Crippen molar-refractivity contribution in [3.05, 3.63) is 11.6 Å². The van der Waals surface area contributed by atoms with Crippen LogP contribution in [0.1, 0.15) is 6.92 Å². The van der Waals surface area contributed by atoms with Crippen LogP contribution in [-0.4, -0.2) is 37.6 Å². The summed E-state index contributed by atoms with van der Waals surface area (Å²) in [5, 5.41) is 0. The first-order chi connectivity index (χ1) is 5.57. The number of hydrogen-bond donors (Lipinski definition) is 0. The number of hydrogen-bond acceptors (Lipinski definition) is 3. The Bertz CT molecular complexity index is 178. The van der Waals surface area contributed by atoms with E-state index in [1.165, 1.54) is 0 Å². The van der Waals surface area contributed by atoms with Crippen molar-refractivity contribution < 1.29 is 9.53 Å². The largest absolute Gasteiger partial charge is 0.446 e. The number of nitrogens with zero attached hydrogens (tertiary/aromatic N) is 1. The zero-order chi connectivity index (χ0) is 9.56. The number of likely N-dealkylation sites (N-methyl/N-ethyl adjacent to an activating group) is 1. The molecule has 70 valence electrons. The topological polar surface area (TPSA) is 29.5 Å². The number of esters is 1. The van der Waals surface area contributed by atoms with Gasteiger partial charge in [0.05, 0.1) is 0 Å². The molecule has 0 aromatic heterocycles. The van der Waals surface area contributed by atoms with Gasteiger partial charge in [0, 0.05) is 12.1 Å². The standard InChI is InChI=1S/C8H14ClNO2/c1-7(4-5-10(2)3)8(11)12-6-9/h4H,5-6H2,1-3H3. The summed E-state index contributed by atoms with van der Waals surface area (Å²) in [6.45, 7) is 2.43. The van der Waals surface area contributed by atoms with Crippen LogP contribution in [0.2, 0.25) is 0 Å². The van der Waals surface area contributed by atoms with Gasteiger partial charge in [-0.1, -0.05) is 17.7 Å². The molecule has 12 heavy (non-hydrogen) atoms. The van der Waals surface area contributed by atoms with Crippen molar-refractivity contribution in [2.75, 3.05) is 26.7 Å². The third-order valence-corrected chi connectivity index (χ3v) is 1.38. The molecule has 0 saturated heterocycles. The summed E-state index contributed by atoms with van der Waals surface area (Å²) in [6, 6.07) is -0.0913. The second-order valence-corrected chi connectivity index (χ2v) is 2.91. The maximum Gasteiger partial charge on any atom is 0.334 e. The summed E-state index contributed by atoms with van der Waals surface area (Å²) in [5.41, 5.74) is 0.587. The Morgan fingerprint density at radius 1 is 1.58 bits per heavy atom. The molecule has 0 bridgehead atoms. The molecule has 3 nitrogen and oxygen atoms in total. The SMILES string of the molecule is CC(=CCN(C)C)C(=O)OCCl. The van der Waals surface area contributed by atoms with Crippen LogP contribution in [0.4, 0.5) is 0 Å². The fourth-order valence-electron chi connectivity index (χ4n) is 0.566. The molecule has 4 heteroatoms. The van der Waals surface area contributed by atoms with Crippen LogP contribution < -0.4 is 0 Å². The van der Waals surface area contributed by atoms with Gasteiger partial charge < -0.3 is 9.64 Å². The lowest BCUT2D eigenvalue weighted by molar-refractivity contribution is -0.136. The van der Waals surface area contributed by atoms with Gasteiger partial charge in [-0.25, -0.2) is 4.79 Å². The van der Waals surface area contributed by atoms with E-state index in [-0.39, 0.29) is 12.0 Å². The monoisotopic (exact) mass is 191 g/mol. The van der Waals surface area contributed by atoms with Crippen LogP contribution in [-0.2, 0) is 9.53 Å². The summed E-state index contributed by atoms with van der Waals surface area (Å²) >= 11 is 5.22. The normalized spacial score (nSPS) is 11.9. The van der Waals surface area contributed by atoms with Gasteiger partial charge in [-0.05, 0) is 21.0 Å². The van der Waals surface area contributed by atoms with Crippen molar-refractivity contribution in [1.29, 1.82) is 0 Å². The summed E-state index contributed by atoms with van der Waals surface area (Å²) in [7, 11) is 3.85. The van der Waals surface area contributed by atoms with Crippen molar-refractivity contribution in [3.8, 4) is 0 Å². The molecule has 0 heterocycles. The van der Waals surface area contributed by atoms with Gasteiger partial charge in [0.15, 0.2) is 6.07 Å². The van der Waals surface area contributed by atoms with Crippen LogP contribution in [0, 0.1) is 0 Å². The van der Waals surface area contributed by atoms with E-state index < -0.39 is 0 Å². The molecule has 0 amide bonds. The Balaban J connectivity index is 3.90. The van der Waals surface area contributed by atoms with Crippen LogP contribution in [0.3, 0.4) is 0 Å². The highest BCUT2D eigenvalue weighted by Gasteiger charge is 2.03. The molecule has 0 atom stereocenters. The summed E-state index contributed by atoms with van der Waals surface area (Å²) in [6.07, 6.45) is 1.80. The minimum Gasteiger partial charge on any atom is -0.446 e. The van der Waals surface area contributed by atoms with E-state index in [9.17, 15) is 4.79 Å². The van der Waals surface area contributed by atoms with Gasteiger partial charge in [-0.15, -0.1) is 0 Å². The van der Waals surface area contributed by atoms with E-state index in [1.54, 1.807) is 13.0 Å². The lowest BCUT2D eigenvalue weighted by Crippen LogP contribution is -2.13. The Labute approximate surface area is 77.9 Å². The molecule has 0 aliphatic rings. The first-order valence-electron chi connectivity index (χ1n) is 3.62. The lowest BCUT2D eigenvalue weighted by atomic mass is 10.3. The van der Waals surface area contributed by atoms with E-state index in [1.807, 2.05) is 19.0 Å². The molecule has 0 aliphatic heterocycles. The maximum atomic E-state index is 11.0. The van der Waals surface area contributed by atoms with E-state index in [4.69, 9.17) is 11.6 Å². The summed E-state index contributed by atoms with van der Waals surface area (Å²) in [4.78, 5) is 12.9. The summed E-state index contributed by atoms with van der Waals surface area (Å²) < 4.78 is 4.58. The minimum absolute atomic E-state index is 0.0913. The smallest absolute Gasteiger partial charge is 0.334 e.